The van der Waals surface area contributed by atoms with Crippen molar-refractivity contribution in [1.29, 1.82) is 0 Å². The maximum absolute atomic E-state index is 12.6. The number of sulfonamides is 1. The zero-order valence-corrected chi connectivity index (χ0v) is 15.7. The van der Waals surface area contributed by atoms with E-state index in [1.165, 1.54) is 24.8 Å². The number of hydrogen-bond donors (Lipinski definition) is 0. The fraction of sp³-hybridized carbons (Fsp3) is 0.538. The molecule has 0 spiro atoms. The monoisotopic (exact) mass is 410 g/mol. The van der Waals surface area contributed by atoms with Crippen LogP contribution in [0.3, 0.4) is 0 Å². The highest BCUT2D eigenvalue weighted by Crippen LogP contribution is 2.25. The molecule has 1 aromatic heterocycles. The van der Waals surface area contributed by atoms with Gasteiger partial charge in [0.1, 0.15) is 17.1 Å². The zero-order chi connectivity index (χ0) is 17.8. The summed E-state index contributed by atoms with van der Waals surface area (Å²) < 4.78 is 37.0. The quantitative estimate of drug-likeness (QED) is 0.489. The Labute approximate surface area is 143 Å². The number of ether oxygens (including phenoxy) is 2. The summed E-state index contributed by atoms with van der Waals surface area (Å²) in [7, 11) is 0.0483. The van der Waals surface area contributed by atoms with E-state index in [0.29, 0.717) is 5.69 Å². The van der Waals surface area contributed by atoms with Crippen molar-refractivity contribution in [3.63, 3.8) is 0 Å². The number of alkyl halides is 1. The average Bonchev–Trinajstić information content (AvgIpc) is 2.84. The lowest BCUT2D eigenvalue weighted by Crippen LogP contribution is -2.33. The molecule has 23 heavy (non-hydrogen) atoms. The van der Waals surface area contributed by atoms with Gasteiger partial charge in [-0.2, -0.15) is 4.31 Å². The number of methoxy groups -OCH3 is 1. The molecule has 0 aliphatic rings. The van der Waals surface area contributed by atoms with Gasteiger partial charge in [0.15, 0.2) is 0 Å². The lowest BCUT2D eigenvalue weighted by molar-refractivity contribution is -0.140. The van der Waals surface area contributed by atoms with Crippen molar-refractivity contribution in [2.45, 2.75) is 17.1 Å². The predicted molar refractivity (Wildman–Crippen MR) is 85.8 cm³/mol. The summed E-state index contributed by atoms with van der Waals surface area (Å²) >= 11 is 3.22. The van der Waals surface area contributed by atoms with E-state index in [0.717, 1.165) is 4.31 Å². The molecule has 8 nitrogen and oxygen atoms in total. The van der Waals surface area contributed by atoms with Crippen LogP contribution in [0.4, 0.5) is 0 Å². The summed E-state index contributed by atoms with van der Waals surface area (Å²) in [6, 6.07) is 1.25. The first-order valence-electron chi connectivity index (χ1n) is 6.65. The van der Waals surface area contributed by atoms with Gasteiger partial charge in [-0.25, -0.2) is 13.2 Å². The van der Waals surface area contributed by atoms with Crippen molar-refractivity contribution in [3.8, 4) is 0 Å². The number of carbonyl (C=O) groups is 2. The van der Waals surface area contributed by atoms with Crippen molar-refractivity contribution >= 4 is 37.9 Å². The molecule has 0 atom stereocenters. The Hall–Kier alpha value is -1.39. The third kappa shape index (κ3) is 4.12. The molecule has 0 aliphatic heterocycles. The molecular weight excluding hydrogens is 392 g/mol. The molecule has 0 aliphatic carbocycles. The van der Waals surface area contributed by atoms with Crippen LogP contribution in [-0.4, -0.2) is 56.5 Å². The standard InChI is InChI=1S/C13H19BrN2O6S/c1-5-22-13(18)9-6-11(10(7-14)16(9)3)23(19,20)15(2)8-12(17)21-4/h6H,5,7-8H2,1-4H3. The first kappa shape index (κ1) is 19.7. The Morgan fingerprint density at radius 3 is 2.48 bits per heavy atom. The van der Waals surface area contributed by atoms with E-state index in [2.05, 4.69) is 20.7 Å². The summed E-state index contributed by atoms with van der Waals surface area (Å²) in [5.74, 6) is -1.30. The van der Waals surface area contributed by atoms with Crippen LogP contribution in [0.1, 0.15) is 23.1 Å². The highest BCUT2D eigenvalue weighted by Gasteiger charge is 2.30. The predicted octanol–water partition coefficient (Wildman–Crippen LogP) is 0.890. The fourth-order valence-electron chi connectivity index (χ4n) is 1.89. The summed E-state index contributed by atoms with van der Waals surface area (Å²) in [4.78, 5) is 23.2. The Kier molecular flexibility index (Phi) is 6.78. The van der Waals surface area contributed by atoms with E-state index >= 15 is 0 Å². The van der Waals surface area contributed by atoms with Crippen LogP contribution < -0.4 is 0 Å². The van der Waals surface area contributed by atoms with Crippen molar-refractivity contribution in [3.05, 3.63) is 17.5 Å². The summed E-state index contributed by atoms with van der Waals surface area (Å²) in [6.07, 6.45) is 0. The average molecular weight is 411 g/mol. The molecule has 0 aromatic carbocycles. The molecule has 0 saturated carbocycles. The van der Waals surface area contributed by atoms with Crippen LogP contribution in [0.15, 0.2) is 11.0 Å². The third-order valence-electron chi connectivity index (χ3n) is 3.20. The largest absolute Gasteiger partial charge is 0.468 e. The molecule has 0 saturated heterocycles. The second-order valence-corrected chi connectivity index (χ2v) is 7.16. The highest BCUT2D eigenvalue weighted by molar-refractivity contribution is 9.08. The minimum absolute atomic E-state index is 0.0636. The second kappa shape index (κ2) is 7.93. The first-order valence-corrected chi connectivity index (χ1v) is 9.21. The SMILES string of the molecule is CCOC(=O)c1cc(S(=O)(=O)N(C)CC(=O)OC)c(CBr)n1C. The molecule has 0 unspecified atom stereocenters. The summed E-state index contributed by atoms with van der Waals surface area (Å²) in [6.45, 7) is 1.41. The van der Waals surface area contributed by atoms with E-state index in [9.17, 15) is 18.0 Å². The van der Waals surface area contributed by atoms with Crippen molar-refractivity contribution in [1.82, 2.24) is 8.87 Å². The van der Waals surface area contributed by atoms with E-state index < -0.39 is 28.5 Å². The molecule has 130 valence electrons. The Balaban J connectivity index is 3.33. The number of rotatable bonds is 7. The van der Waals surface area contributed by atoms with Gasteiger partial charge in [-0.3, -0.25) is 4.79 Å². The molecule has 10 heteroatoms. The zero-order valence-electron chi connectivity index (χ0n) is 13.3. The normalized spacial score (nSPS) is 11.6. The Morgan fingerprint density at radius 2 is 2.00 bits per heavy atom. The fourth-order valence-corrected chi connectivity index (χ4v) is 4.14. The topological polar surface area (TPSA) is 94.9 Å². The van der Waals surface area contributed by atoms with Crippen LogP contribution >= 0.6 is 15.9 Å². The van der Waals surface area contributed by atoms with Crippen molar-refractivity contribution in [2.75, 3.05) is 27.3 Å². The number of aromatic nitrogens is 1. The highest BCUT2D eigenvalue weighted by atomic mass is 79.9. The van der Waals surface area contributed by atoms with Crippen LogP contribution in [-0.2, 0) is 36.7 Å². The second-order valence-electron chi connectivity index (χ2n) is 4.59. The number of carbonyl (C=O) groups excluding carboxylic acids is 2. The van der Waals surface area contributed by atoms with E-state index in [1.54, 1.807) is 14.0 Å². The van der Waals surface area contributed by atoms with Crippen molar-refractivity contribution < 1.29 is 27.5 Å². The van der Waals surface area contributed by atoms with Gasteiger partial charge in [-0.1, -0.05) is 15.9 Å². The maximum atomic E-state index is 12.6. The minimum Gasteiger partial charge on any atom is -0.468 e. The smallest absolute Gasteiger partial charge is 0.354 e. The summed E-state index contributed by atoms with van der Waals surface area (Å²) in [5.41, 5.74) is 0.496. The van der Waals surface area contributed by atoms with Crippen LogP contribution in [0.25, 0.3) is 0 Å². The van der Waals surface area contributed by atoms with Gasteiger partial charge in [-0.15, -0.1) is 0 Å². The van der Waals surface area contributed by atoms with E-state index in [-0.39, 0.29) is 22.5 Å². The van der Waals surface area contributed by atoms with Gasteiger partial charge < -0.3 is 14.0 Å². The molecule has 0 bridgehead atoms. The van der Waals surface area contributed by atoms with Crippen molar-refractivity contribution in [2.24, 2.45) is 7.05 Å². The van der Waals surface area contributed by atoms with Gasteiger partial charge in [-0.05, 0) is 13.0 Å². The number of hydrogen-bond acceptors (Lipinski definition) is 6. The number of nitrogens with zero attached hydrogens (tertiary/aromatic N) is 2. The molecule has 1 rings (SSSR count). The number of esters is 2. The molecular formula is C13H19BrN2O6S. The molecule has 0 radical (unpaired) electrons. The van der Waals surface area contributed by atoms with Gasteiger partial charge >= 0.3 is 11.9 Å². The van der Waals surface area contributed by atoms with Crippen LogP contribution in [0, 0.1) is 0 Å². The number of likely N-dealkylation sites (N-methyl/N-ethyl adjacent to an activating group) is 1. The lowest BCUT2D eigenvalue weighted by Gasteiger charge is -2.16. The molecule has 1 aromatic rings. The minimum atomic E-state index is -3.96. The van der Waals surface area contributed by atoms with Gasteiger partial charge in [0.05, 0.1) is 13.7 Å². The summed E-state index contributed by atoms with van der Waals surface area (Å²) in [5, 5.41) is 0.212. The maximum Gasteiger partial charge on any atom is 0.354 e. The third-order valence-corrected chi connectivity index (χ3v) is 5.59. The Morgan fingerprint density at radius 1 is 1.39 bits per heavy atom. The molecule has 0 amide bonds. The van der Waals surface area contributed by atoms with Gasteiger partial charge in [0.25, 0.3) is 0 Å². The lowest BCUT2D eigenvalue weighted by atomic mass is 10.4. The molecule has 0 N–H and O–H groups in total. The van der Waals surface area contributed by atoms with Crippen LogP contribution in [0.5, 0.6) is 0 Å². The first-order chi connectivity index (χ1) is 10.7. The van der Waals surface area contributed by atoms with Gasteiger partial charge in [0.2, 0.25) is 10.0 Å². The molecule has 1 heterocycles. The van der Waals surface area contributed by atoms with Crippen LogP contribution in [0.2, 0.25) is 0 Å². The van der Waals surface area contributed by atoms with E-state index in [1.807, 2.05) is 0 Å². The van der Waals surface area contributed by atoms with E-state index in [4.69, 9.17) is 4.74 Å². The molecule has 0 fully saturated rings. The van der Waals surface area contributed by atoms with Gasteiger partial charge in [0, 0.05) is 25.1 Å². The Bertz CT molecular complexity index is 698. The number of halogens is 1.